The fourth-order valence-electron chi connectivity index (χ4n) is 3.11. The molecular formula is C19H22ClN3O3S2. The van der Waals surface area contributed by atoms with Gasteiger partial charge in [0.05, 0.1) is 22.7 Å². The lowest BCUT2D eigenvalue weighted by molar-refractivity contribution is 0.0674. The molecule has 150 valence electrons. The van der Waals surface area contributed by atoms with Crippen molar-refractivity contribution in [1.29, 1.82) is 0 Å². The van der Waals surface area contributed by atoms with Crippen molar-refractivity contribution in [3.63, 3.8) is 0 Å². The zero-order chi connectivity index (χ0) is 20.3. The van der Waals surface area contributed by atoms with Crippen LogP contribution in [0.25, 0.3) is 0 Å². The van der Waals surface area contributed by atoms with Crippen molar-refractivity contribution >= 4 is 39.1 Å². The van der Waals surface area contributed by atoms with E-state index in [-0.39, 0.29) is 28.1 Å². The summed E-state index contributed by atoms with van der Waals surface area (Å²) in [6, 6.07) is 7.43. The molecule has 1 aromatic heterocycles. The highest BCUT2D eigenvalue weighted by molar-refractivity contribution is 7.99. The lowest BCUT2D eigenvalue weighted by Crippen LogP contribution is -2.41. The number of aryl methyl sites for hydroxylation is 1. The third-order valence-corrected chi connectivity index (χ3v) is 7.35. The van der Waals surface area contributed by atoms with E-state index >= 15 is 0 Å². The number of benzene rings is 1. The third kappa shape index (κ3) is 5.04. The van der Waals surface area contributed by atoms with Crippen molar-refractivity contribution < 1.29 is 13.2 Å². The van der Waals surface area contributed by atoms with Crippen molar-refractivity contribution in [3.05, 3.63) is 52.3 Å². The van der Waals surface area contributed by atoms with Gasteiger partial charge in [-0.05, 0) is 24.7 Å². The van der Waals surface area contributed by atoms with Crippen LogP contribution in [0.5, 0.6) is 0 Å². The van der Waals surface area contributed by atoms with Gasteiger partial charge in [0, 0.05) is 12.6 Å². The van der Waals surface area contributed by atoms with Gasteiger partial charge in [-0.2, -0.15) is 0 Å². The summed E-state index contributed by atoms with van der Waals surface area (Å²) in [4.78, 5) is 23.4. The van der Waals surface area contributed by atoms with Gasteiger partial charge >= 0.3 is 0 Å². The summed E-state index contributed by atoms with van der Waals surface area (Å²) in [6.45, 7) is 4.26. The first kappa shape index (κ1) is 21.1. The number of carbonyl (C=O) groups excluding carboxylic acids is 1. The smallest absolute Gasteiger partial charge is 0.274 e. The van der Waals surface area contributed by atoms with Gasteiger partial charge in [0.25, 0.3) is 5.91 Å². The van der Waals surface area contributed by atoms with Crippen LogP contribution in [0, 0.1) is 6.92 Å². The van der Waals surface area contributed by atoms with Crippen LogP contribution in [0.1, 0.15) is 35.0 Å². The van der Waals surface area contributed by atoms with Crippen LogP contribution in [-0.4, -0.2) is 52.5 Å². The van der Waals surface area contributed by atoms with Crippen molar-refractivity contribution in [3.8, 4) is 0 Å². The van der Waals surface area contributed by atoms with Crippen molar-refractivity contribution in [2.45, 2.75) is 38.0 Å². The maximum atomic E-state index is 13.3. The number of sulfone groups is 1. The molecule has 1 atom stereocenters. The molecular weight excluding hydrogens is 418 g/mol. The number of thioether (sulfide) groups is 1. The zero-order valence-corrected chi connectivity index (χ0v) is 18.1. The predicted molar refractivity (Wildman–Crippen MR) is 112 cm³/mol. The molecule has 28 heavy (non-hydrogen) atoms. The van der Waals surface area contributed by atoms with E-state index in [1.807, 2.05) is 38.1 Å². The molecule has 1 fully saturated rings. The van der Waals surface area contributed by atoms with Gasteiger partial charge in [-0.15, -0.1) is 0 Å². The van der Waals surface area contributed by atoms with Gasteiger partial charge in [-0.1, -0.05) is 60.1 Å². The number of hydrogen-bond donors (Lipinski definition) is 0. The normalized spacial score (nSPS) is 18.2. The Morgan fingerprint density at radius 3 is 2.64 bits per heavy atom. The SMILES string of the molecule is CCSc1ncc(Cl)c(C(=O)N(Cc2ccc(C)cc2)[C@H]2CCS(=O)(=O)C2)n1. The van der Waals surface area contributed by atoms with Crippen LogP contribution in [-0.2, 0) is 16.4 Å². The summed E-state index contributed by atoms with van der Waals surface area (Å²) in [5, 5.41) is 0.643. The van der Waals surface area contributed by atoms with Gasteiger partial charge < -0.3 is 4.90 Å². The molecule has 0 radical (unpaired) electrons. The fourth-order valence-corrected chi connectivity index (χ4v) is 5.56. The van der Waals surface area contributed by atoms with E-state index in [4.69, 9.17) is 11.6 Å². The Morgan fingerprint density at radius 1 is 1.32 bits per heavy atom. The fraction of sp³-hybridized carbons (Fsp3) is 0.421. The van der Waals surface area contributed by atoms with Crippen LogP contribution >= 0.6 is 23.4 Å². The minimum atomic E-state index is -3.15. The molecule has 1 aromatic carbocycles. The van der Waals surface area contributed by atoms with Gasteiger partial charge in [-0.3, -0.25) is 4.79 Å². The first-order valence-corrected chi connectivity index (χ1v) is 12.2. The second-order valence-electron chi connectivity index (χ2n) is 6.76. The molecule has 6 nitrogen and oxygen atoms in total. The van der Waals surface area contributed by atoms with Crippen LogP contribution in [0.15, 0.2) is 35.6 Å². The summed E-state index contributed by atoms with van der Waals surface area (Å²) < 4.78 is 24.0. The summed E-state index contributed by atoms with van der Waals surface area (Å²) in [6.07, 6.45) is 1.84. The molecule has 0 bridgehead atoms. The number of hydrogen-bond acceptors (Lipinski definition) is 6. The van der Waals surface area contributed by atoms with Gasteiger partial charge in [0.1, 0.15) is 0 Å². The Kier molecular flexibility index (Phi) is 6.62. The molecule has 0 saturated carbocycles. The van der Waals surface area contributed by atoms with E-state index in [0.717, 1.165) is 16.9 Å². The summed E-state index contributed by atoms with van der Waals surface area (Å²) in [5.74, 6) is 0.449. The van der Waals surface area contributed by atoms with Crippen LogP contribution in [0.3, 0.4) is 0 Å². The summed E-state index contributed by atoms with van der Waals surface area (Å²) >= 11 is 7.64. The molecule has 1 aliphatic rings. The second kappa shape index (κ2) is 8.80. The lowest BCUT2D eigenvalue weighted by Gasteiger charge is -2.28. The average molecular weight is 440 g/mol. The number of carbonyl (C=O) groups is 1. The maximum absolute atomic E-state index is 13.3. The molecule has 3 rings (SSSR count). The number of halogens is 1. The molecule has 0 N–H and O–H groups in total. The quantitative estimate of drug-likeness (QED) is 0.507. The van der Waals surface area contributed by atoms with E-state index in [9.17, 15) is 13.2 Å². The Labute approximate surface area is 174 Å². The van der Waals surface area contributed by atoms with Crippen LogP contribution in [0.4, 0.5) is 0 Å². The summed E-state index contributed by atoms with van der Waals surface area (Å²) in [5.41, 5.74) is 2.16. The van der Waals surface area contributed by atoms with E-state index < -0.39 is 15.9 Å². The highest BCUT2D eigenvalue weighted by Gasteiger charge is 2.36. The highest BCUT2D eigenvalue weighted by Crippen LogP contribution is 2.25. The molecule has 0 spiro atoms. The minimum Gasteiger partial charge on any atom is -0.329 e. The Balaban J connectivity index is 1.94. The van der Waals surface area contributed by atoms with Gasteiger partial charge in [0.2, 0.25) is 0 Å². The Hall–Kier alpha value is -1.64. The first-order valence-electron chi connectivity index (χ1n) is 9.01. The van der Waals surface area contributed by atoms with Gasteiger partial charge in [-0.25, -0.2) is 18.4 Å². The zero-order valence-electron chi connectivity index (χ0n) is 15.8. The predicted octanol–water partition coefficient (Wildman–Crippen LogP) is 3.38. The van der Waals surface area contributed by atoms with Gasteiger partial charge in [0.15, 0.2) is 20.7 Å². The second-order valence-corrected chi connectivity index (χ2v) is 10.6. The largest absolute Gasteiger partial charge is 0.329 e. The molecule has 2 heterocycles. The lowest BCUT2D eigenvalue weighted by atomic mass is 10.1. The molecule has 1 saturated heterocycles. The molecule has 1 aliphatic heterocycles. The number of nitrogens with zero attached hydrogens (tertiary/aromatic N) is 3. The van der Waals surface area contributed by atoms with Crippen LogP contribution in [0.2, 0.25) is 5.02 Å². The molecule has 2 aromatic rings. The third-order valence-electron chi connectivity index (χ3n) is 4.58. The van der Waals surface area contributed by atoms with E-state index in [2.05, 4.69) is 9.97 Å². The average Bonchev–Trinajstić information content (AvgIpc) is 3.02. The Bertz CT molecular complexity index is 965. The Morgan fingerprint density at radius 2 is 2.04 bits per heavy atom. The highest BCUT2D eigenvalue weighted by atomic mass is 35.5. The van der Waals surface area contributed by atoms with E-state index in [1.165, 1.54) is 18.0 Å². The molecule has 0 unspecified atom stereocenters. The van der Waals surface area contributed by atoms with Crippen molar-refractivity contribution in [2.75, 3.05) is 17.3 Å². The van der Waals surface area contributed by atoms with E-state index in [1.54, 1.807) is 4.90 Å². The topological polar surface area (TPSA) is 80.2 Å². The van der Waals surface area contributed by atoms with E-state index in [0.29, 0.717) is 18.1 Å². The summed E-state index contributed by atoms with van der Waals surface area (Å²) in [7, 11) is -3.15. The standard InChI is InChI=1S/C19H22ClN3O3S2/c1-3-27-19-21-10-16(20)17(22-19)18(24)23(15-8-9-28(25,26)12-15)11-14-6-4-13(2)5-7-14/h4-7,10,15H,3,8-9,11-12H2,1-2H3/t15-/m0/s1. The maximum Gasteiger partial charge on any atom is 0.274 e. The molecule has 1 amide bonds. The number of aromatic nitrogens is 2. The molecule has 0 aliphatic carbocycles. The number of amides is 1. The van der Waals surface area contributed by atoms with Crippen molar-refractivity contribution in [2.24, 2.45) is 0 Å². The van der Waals surface area contributed by atoms with Crippen molar-refractivity contribution in [1.82, 2.24) is 14.9 Å². The van der Waals surface area contributed by atoms with Crippen LogP contribution < -0.4 is 0 Å². The first-order chi connectivity index (χ1) is 13.3. The number of rotatable bonds is 6. The minimum absolute atomic E-state index is 0.0378. The monoisotopic (exact) mass is 439 g/mol. The molecule has 9 heteroatoms.